The minimum atomic E-state index is -0.498. The molecule has 0 aliphatic carbocycles. The minimum Gasteiger partial charge on any atom is -0.345 e. The lowest BCUT2D eigenvalue weighted by atomic mass is 10.2. The van der Waals surface area contributed by atoms with E-state index in [4.69, 9.17) is 11.6 Å². The van der Waals surface area contributed by atoms with Crippen molar-refractivity contribution in [3.8, 4) is 0 Å². The molecule has 1 N–H and O–H groups in total. The molecular formula is C13H19ClN4O2. The molecule has 0 aromatic carbocycles. The third-order valence-electron chi connectivity index (χ3n) is 3.51. The molecule has 1 saturated heterocycles. The van der Waals surface area contributed by atoms with Gasteiger partial charge >= 0.3 is 0 Å². The maximum absolute atomic E-state index is 12.2. The van der Waals surface area contributed by atoms with Gasteiger partial charge < -0.3 is 10.2 Å². The van der Waals surface area contributed by atoms with Gasteiger partial charge in [-0.25, -0.2) is 0 Å². The van der Waals surface area contributed by atoms with Crippen LogP contribution in [0, 0.1) is 0 Å². The summed E-state index contributed by atoms with van der Waals surface area (Å²) in [6.45, 7) is 4.46. The van der Waals surface area contributed by atoms with Gasteiger partial charge in [0.05, 0.1) is 23.0 Å². The molecule has 1 aromatic heterocycles. The van der Waals surface area contributed by atoms with E-state index >= 15 is 0 Å². The number of hydrogen-bond acceptors (Lipinski definition) is 3. The molecule has 20 heavy (non-hydrogen) atoms. The Hall–Kier alpha value is -1.56. The topological polar surface area (TPSA) is 67.2 Å². The zero-order valence-corrected chi connectivity index (χ0v) is 12.7. The summed E-state index contributed by atoms with van der Waals surface area (Å²) in [7, 11) is 1.81. The van der Waals surface area contributed by atoms with Crippen molar-refractivity contribution in [2.75, 3.05) is 6.54 Å². The first-order valence-electron chi connectivity index (χ1n) is 6.72. The molecule has 1 aliphatic heterocycles. The summed E-state index contributed by atoms with van der Waals surface area (Å²) in [5.74, 6) is -0.190. The maximum atomic E-state index is 12.2. The molecule has 1 aromatic rings. The van der Waals surface area contributed by atoms with Crippen LogP contribution >= 0.6 is 11.6 Å². The lowest BCUT2D eigenvalue weighted by Gasteiger charge is -2.22. The van der Waals surface area contributed by atoms with E-state index < -0.39 is 6.04 Å². The van der Waals surface area contributed by atoms with Gasteiger partial charge in [-0.1, -0.05) is 18.5 Å². The third-order valence-corrected chi connectivity index (χ3v) is 3.95. The number of carbonyl (C=O) groups is 2. The molecule has 0 saturated carbocycles. The Morgan fingerprint density at radius 2 is 2.15 bits per heavy atom. The Kier molecular flexibility index (Phi) is 4.32. The quantitative estimate of drug-likeness (QED) is 0.900. The monoisotopic (exact) mass is 298 g/mol. The first-order chi connectivity index (χ1) is 9.43. The fraction of sp³-hybridized carbons (Fsp3) is 0.615. The van der Waals surface area contributed by atoms with E-state index in [1.54, 1.807) is 16.5 Å². The van der Waals surface area contributed by atoms with E-state index in [1.807, 2.05) is 14.0 Å². The van der Waals surface area contributed by atoms with Crippen LogP contribution in [0.1, 0.15) is 31.7 Å². The van der Waals surface area contributed by atoms with Crippen molar-refractivity contribution in [2.24, 2.45) is 7.05 Å². The van der Waals surface area contributed by atoms with Crippen molar-refractivity contribution in [1.82, 2.24) is 20.0 Å². The number of halogens is 1. The standard InChI is InChI=1S/C13H19ClN4O2/c1-4-9-12(14)10(17(3)16-9)7-18-6-5-11(19)15-8(2)13(18)20/h8H,4-7H2,1-3H3,(H,15,19). The molecule has 6 nitrogen and oxygen atoms in total. The third kappa shape index (κ3) is 2.80. The van der Waals surface area contributed by atoms with E-state index in [2.05, 4.69) is 10.4 Å². The van der Waals surface area contributed by atoms with Gasteiger partial charge in [0.1, 0.15) is 6.04 Å². The highest BCUT2D eigenvalue weighted by atomic mass is 35.5. The van der Waals surface area contributed by atoms with Crippen molar-refractivity contribution < 1.29 is 9.59 Å². The Bertz CT molecular complexity index is 541. The lowest BCUT2D eigenvalue weighted by Crippen LogP contribution is -2.42. The Balaban J connectivity index is 2.22. The van der Waals surface area contributed by atoms with Gasteiger partial charge in [-0.3, -0.25) is 14.3 Å². The van der Waals surface area contributed by atoms with Crippen LogP contribution in [0.3, 0.4) is 0 Å². The zero-order valence-electron chi connectivity index (χ0n) is 11.9. The second kappa shape index (κ2) is 5.83. The summed E-state index contributed by atoms with van der Waals surface area (Å²) in [6, 6.07) is -0.498. The van der Waals surface area contributed by atoms with Crippen molar-refractivity contribution in [2.45, 2.75) is 39.3 Å². The van der Waals surface area contributed by atoms with Gasteiger partial charge in [0.25, 0.3) is 0 Å². The van der Waals surface area contributed by atoms with Crippen molar-refractivity contribution in [3.63, 3.8) is 0 Å². The maximum Gasteiger partial charge on any atom is 0.245 e. The Labute approximate surface area is 123 Å². The predicted octanol–water partition coefficient (Wildman–Crippen LogP) is 0.873. The number of carbonyl (C=O) groups excluding carboxylic acids is 2. The fourth-order valence-corrected chi connectivity index (χ4v) is 2.68. The molecule has 7 heteroatoms. The summed E-state index contributed by atoms with van der Waals surface area (Å²) in [6.07, 6.45) is 1.06. The van der Waals surface area contributed by atoms with Gasteiger partial charge in [-0.05, 0) is 13.3 Å². The summed E-state index contributed by atoms with van der Waals surface area (Å²) in [4.78, 5) is 25.4. The van der Waals surface area contributed by atoms with Crippen LogP contribution < -0.4 is 5.32 Å². The summed E-state index contributed by atoms with van der Waals surface area (Å²) in [5, 5.41) is 7.62. The molecule has 1 fully saturated rings. The molecule has 0 spiro atoms. The van der Waals surface area contributed by atoms with Crippen molar-refractivity contribution in [3.05, 3.63) is 16.4 Å². The van der Waals surface area contributed by atoms with Crippen molar-refractivity contribution >= 4 is 23.4 Å². The van der Waals surface area contributed by atoms with Gasteiger partial charge in [0.15, 0.2) is 0 Å². The molecule has 0 bridgehead atoms. The molecule has 110 valence electrons. The van der Waals surface area contributed by atoms with E-state index in [0.717, 1.165) is 17.8 Å². The number of amides is 2. The molecule has 2 heterocycles. The van der Waals surface area contributed by atoms with Gasteiger partial charge in [0, 0.05) is 20.0 Å². The average molecular weight is 299 g/mol. The first-order valence-corrected chi connectivity index (χ1v) is 7.10. The van der Waals surface area contributed by atoms with Crippen LogP contribution in [0.5, 0.6) is 0 Å². The highest BCUT2D eigenvalue weighted by Crippen LogP contribution is 2.23. The first kappa shape index (κ1) is 14.8. The number of rotatable bonds is 3. The fourth-order valence-electron chi connectivity index (χ4n) is 2.33. The van der Waals surface area contributed by atoms with Crippen LogP contribution in [-0.4, -0.2) is 39.1 Å². The smallest absolute Gasteiger partial charge is 0.245 e. The summed E-state index contributed by atoms with van der Waals surface area (Å²) < 4.78 is 1.71. The van der Waals surface area contributed by atoms with Gasteiger partial charge in [0.2, 0.25) is 11.8 Å². The molecule has 1 atom stereocenters. The second-order valence-corrected chi connectivity index (χ2v) is 5.36. The zero-order chi connectivity index (χ0) is 14.9. The SMILES string of the molecule is CCc1nn(C)c(CN2CCC(=O)NC(C)C2=O)c1Cl. The minimum absolute atomic E-state index is 0.0915. The van der Waals surface area contributed by atoms with Crippen LogP contribution in [0.2, 0.25) is 5.02 Å². The average Bonchev–Trinajstić information content (AvgIpc) is 2.61. The number of nitrogens with zero attached hydrogens (tertiary/aromatic N) is 3. The highest BCUT2D eigenvalue weighted by molar-refractivity contribution is 6.31. The van der Waals surface area contributed by atoms with E-state index in [1.165, 1.54) is 0 Å². The van der Waals surface area contributed by atoms with Gasteiger partial charge in [-0.2, -0.15) is 5.10 Å². The van der Waals surface area contributed by atoms with Gasteiger partial charge in [-0.15, -0.1) is 0 Å². The van der Waals surface area contributed by atoms with Crippen LogP contribution in [-0.2, 0) is 29.6 Å². The van der Waals surface area contributed by atoms with E-state index in [9.17, 15) is 9.59 Å². The molecule has 1 aliphatic rings. The van der Waals surface area contributed by atoms with Crippen molar-refractivity contribution in [1.29, 1.82) is 0 Å². The van der Waals surface area contributed by atoms with Crippen LogP contribution in [0.4, 0.5) is 0 Å². The Morgan fingerprint density at radius 3 is 2.75 bits per heavy atom. The molecule has 2 rings (SSSR count). The largest absolute Gasteiger partial charge is 0.345 e. The van der Waals surface area contributed by atoms with Crippen LogP contribution in [0.15, 0.2) is 0 Å². The second-order valence-electron chi connectivity index (χ2n) is 4.98. The molecule has 0 radical (unpaired) electrons. The predicted molar refractivity (Wildman–Crippen MR) is 75.2 cm³/mol. The number of aryl methyl sites for hydroxylation is 2. The number of nitrogens with one attached hydrogen (secondary N) is 1. The highest BCUT2D eigenvalue weighted by Gasteiger charge is 2.28. The normalized spacial score (nSPS) is 20.0. The number of hydrogen-bond donors (Lipinski definition) is 1. The summed E-state index contributed by atoms with van der Waals surface area (Å²) >= 11 is 6.30. The molecule has 2 amide bonds. The van der Waals surface area contributed by atoms with Crippen LogP contribution in [0.25, 0.3) is 0 Å². The Morgan fingerprint density at radius 1 is 1.45 bits per heavy atom. The van der Waals surface area contributed by atoms with E-state index in [-0.39, 0.29) is 11.8 Å². The lowest BCUT2D eigenvalue weighted by molar-refractivity contribution is -0.133. The summed E-state index contributed by atoms with van der Waals surface area (Å²) in [5.41, 5.74) is 1.63. The number of aromatic nitrogens is 2. The molecular weight excluding hydrogens is 280 g/mol. The molecule has 1 unspecified atom stereocenters. The van der Waals surface area contributed by atoms with E-state index in [0.29, 0.717) is 24.5 Å².